The zero-order valence-corrected chi connectivity index (χ0v) is 18.8. The van der Waals surface area contributed by atoms with Gasteiger partial charge in [0, 0.05) is 45.5 Å². The van der Waals surface area contributed by atoms with Gasteiger partial charge in [-0.3, -0.25) is 14.1 Å². The van der Waals surface area contributed by atoms with Gasteiger partial charge in [-0.05, 0) is 36.5 Å². The Bertz CT molecular complexity index is 1180. The lowest BCUT2D eigenvalue weighted by atomic mass is 10.2. The zero-order valence-electron chi connectivity index (χ0n) is 18.8. The first-order valence-corrected chi connectivity index (χ1v) is 11.1. The standard InChI is InChI=1S/C25H27F2N5O2/c1-3-21-23(25(33)28-10-12-31-15-13-30(4-2)14-16-31)32-11-6-9-22(24(32)29-21)34-17-18-19(26)7-5-8-20(18)27/h3-9,11H,1-2,10,12-17H2,(H,28,33). The summed E-state index contributed by atoms with van der Waals surface area (Å²) >= 11 is 0. The van der Waals surface area contributed by atoms with E-state index in [1.807, 2.05) is 6.20 Å². The Balaban J connectivity index is 1.47. The van der Waals surface area contributed by atoms with E-state index in [-0.39, 0.29) is 18.1 Å². The van der Waals surface area contributed by atoms with E-state index in [9.17, 15) is 13.6 Å². The summed E-state index contributed by atoms with van der Waals surface area (Å²) in [6.07, 6.45) is 5.04. The van der Waals surface area contributed by atoms with Crippen molar-refractivity contribution >= 4 is 17.6 Å². The number of halogens is 2. The van der Waals surface area contributed by atoms with Gasteiger partial charge in [-0.15, -0.1) is 0 Å². The number of amides is 1. The summed E-state index contributed by atoms with van der Waals surface area (Å²) in [5, 5.41) is 2.95. The van der Waals surface area contributed by atoms with Crippen molar-refractivity contribution in [1.82, 2.24) is 24.5 Å². The number of carbonyl (C=O) groups excluding carboxylic acids is 1. The molecule has 1 saturated heterocycles. The van der Waals surface area contributed by atoms with Gasteiger partial charge in [0.1, 0.15) is 23.9 Å². The molecule has 0 bridgehead atoms. The molecule has 0 atom stereocenters. The molecule has 1 fully saturated rings. The average Bonchev–Trinajstić information content (AvgIpc) is 3.23. The third-order valence-corrected chi connectivity index (χ3v) is 5.86. The quantitative estimate of drug-likeness (QED) is 0.523. The summed E-state index contributed by atoms with van der Waals surface area (Å²) in [4.78, 5) is 22.0. The van der Waals surface area contributed by atoms with Gasteiger partial charge >= 0.3 is 0 Å². The molecule has 178 valence electrons. The second kappa shape index (κ2) is 10.5. The molecule has 9 heteroatoms. The zero-order chi connectivity index (χ0) is 24.1. The molecule has 4 rings (SSSR count). The first-order chi connectivity index (χ1) is 16.5. The third-order valence-electron chi connectivity index (χ3n) is 5.86. The van der Waals surface area contributed by atoms with Gasteiger partial charge in [-0.25, -0.2) is 13.8 Å². The van der Waals surface area contributed by atoms with E-state index in [0.29, 0.717) is 29.3 Å². The number of carbonyl (C=O) groups is 1. The minimum absolute atomic E-state index is 0.174. The largest absolute Gasteiger partial charge is 0.485 e. The van der Waals surface area contributed by atoms with Crippen LogP contribution in [0.3, 0.4) is 0 Å². The smallest absolute Gasteiger partial charge is 0.270 e. The molecule has 1 amide bonds. The van der Waals surface area contributed by atoms with E-state index in [1.165, 1.54) is 24.3 Å². The normalized spacial score (nSPS) is 14.2. The fourth-order valence-electron chi connectivity index (χ4n) is 3.94. The van der Waals surface area contributed by atoms with Crippen LogP contribution in [0.15, 0.2) is 55.9 Å². The topological polar surface area (TPSA) is 62.1 Å². The Kier molecular flexibility index (Phi) is 7.22. The number of hydrogen-bond acceptors (Lipinski definition) is 5. The molecular weight excluding hydrogens is 440 g/mol. The molecule has 1 N–H and O–H groups in total. The maximum absolute atomic E-state index is 14.0. The number of aromatic nitrogens is 2. The lowest BCUT2D eigenvalue weighted by Crippen LogP contribution is -2.46. The number of piperazine rings is 1. The predicted molar refractivity (Wildman–Crippen MR) is 127 cm³/mol. The van der Waals surface area contributed by atoms with E-state index in [2.05, 4.69) is 33.3 Å². The highest BCUT2D eigenvalue weighted by Gasteiger charge is 2.21. The van der Waals surface area contributed by atoms with Crippen molar-refractivity contribution in [3.05, 3.63) is 84.5 Å². The Hall–Kier alpha value is -3.72. The number of nitrogens with zero attached hydrogens (tertiary/aromatic N) is 4. The van der Waals surface area contributed by atoms with Crippen molar-refractivity contribution in [3.8, 4) is 5.75 Å². The summed E-state index contributed by atoms with van der Waals surface area (Å²) in [5.41, 5.74) is 0.904. The summed E-state index contributed by atoms with van der Waals surface area (Å²) in [7, 11) is 0. The van der Waals surface area contributed by atoms with E-state index >= 15 is 0 Å². The molecule has 1 aliphatic rings. The van der Waals surface area contributed by atoms with Crippen LogP contribution >= 0.6 is 0 Å². The third kappa shape index (κ3) is 4.94. The number of ether oxygens (including phenoxy) is 1. The first-order valence-electron chi connectivity index (χ1n) is 11.1. The van der Waals surface area contributed by atoms with Crippen molar-refractivity contribution in [1.29, 1.82) is 0 Å². The fourth-order valence-corrected chi connectivity index (χ4v) is 3.94. The van der Waals surface area contributed by atoms with Crippen LogP contribution in [0.2, 0.25) is 0 Å². The Morgan fingerprint density at radius 3 is 2.53 bits per heavy atom. The molecule has 34 heavy (non-hydrogen) atoms. The van der Waals surface area contributed by atoms with Crippen LogP contribution in [0.4, 0.5) is 8.78 Å². The molecule has 0 radical (unpaired) electrons. The molecular formula is C25H27F2N5O2. The fraction of sp³-hybridized carbons (Fsp3) is 0.280. The van der Waals surface area contributed by atoms with Gasteiger partial charge in [-0.1, -0.05) is 19.2 Å². The molecule has 2 aromatic heterocycles. The average molecular weight is 468 g/mol. The van der Waals surface area contributed by atoms with Gasteiger partial charge in [0.2, 0.25) is 0 Å². The lowest BCUT2D eigenvalue weighted by molar-refractivity contribution is 0.0937. The maximum Gasteiger partial charge on any atom is 0.270 e. The van der Waals surface area contributed by atoms with Gasteiger partial charge in [-0.2, -0.15) is 0 Å². The number of pyridine rings is 1. The van der Waals surface area contributed by atoms with Gasteiger partial charge in [0.05, 0.1) is 11.3 Å². The van der Waals surface area contributed by atoms with Gasteiger partial charge < -0.3 is 15.0 Å². The molecule has 3 heterocycles. The number of nitrogens with one attached hydrogen (secondary N) is 1. The highest BCUT2D eigenvalue weighted by atomic mass is 19.1. The monoisotopic (exact) mass is 467 g/mol. The highest BCUT2D eigenvalue weighted by molar-refractivity contribution is 5.97. The molecule has 0 aliphatic carbocycles. The van der Waals surface area contributed by atoms with E-state index in [4.69, 9.17) is 4.74 Å². The van der Waals surface area contributed by atoms with Crippen LogP contribution < -0.4 is 10.1 Å². The lowest BCUT2D eigenvalue weighted by Gasteiger charge is -2.33. The van der Waals surface area contributed by atoms with Crippen LogP contribution in [0.5, 0.6) is 5.75 Å². The molecule has 3 aromatic rings. The number of imidazole rings is 1. The summed E-state index contributed by atoms with van der Waals surface area (Å²) in [5.74, 6) is -1.36. The molecule has 1 aromatic carbocycles. The summed E-state index contributed by atoms with van der Waals surface area (Å²) in [6.45, 7) is 12.1. The summed E-state index contributed by atoms with van der Waals surface area (Å²) in [6, 6.07) is 6.97. The second-order valence-corrected chi connectivity index (χ2v) is 7.92. The Morgan fingerprint density at radius 1 is 1.12 bits per heavy atom. The Morgan fingerprint density at radius 2 is 1.85 bits per heavy atom. The number of rotatable bonds is 9. The van der Waals surface area contributed by atoms with Crippen LogP contribution in [0.25, 0.3) is 11.7 Å². The van der Waals surface area contributed by atoms with E-state index < -0.39 is 11.6 Å². The molecule has 7 nitrogen and oxygen atoms in total. The van der Waals surface area contributed by atoms with Crippen molar-refractivity contribution in [2.45, 2.75) is 6.61 Å². The van der Waals surface area contributed by atoms with E-state index in [1.54, 1.807) is 22.7 Å². The second-order valence-electron chi connectivity index (χ2n) is 7.92. The summed E-state index contributed by atoms with van der Waals surface area (Å²) < 4.78 is 35.2. The SMILES string of the molecule is C=Cc1nc2c(OCc3c(F)cccc3F)cccn2c1C(=O)NCCN1CCN(C=C)CC1. The van der Waals surface area contributed by atoms with Crippen LogP contribution in [-0.4, -0.2) is 64.4 Å². The minimum atomic E-state index is -0.687. The van der Waals surface area contributed by atoms with Gasteiger partial charge in [0.15, 0.2) is 11.4 Å². The number of benzene rings is 1. The molecule has 0 unspecified atom stereocenters. The highest BCUT2D eigenvalue weighted by Crippen LogP contribution is 2.25. The van der Waals surface area contributed by atoms with Crippen LogP contribution in [0, 0.1) is 11.6 Å². The van der Waals surface area contributed by atoms with Crippen molar-refractivity contribution in [2.75, 3.05) is 39.3 Å². The predicted octanol–water partition coefficient (Wildman–Crippen LogP) is 3.33. The van der Waals surface area contributed by atoms with Crippen molar-refractivity contribution < 1.29 is 18.3 Å². The minimum Gasteiger partial charge on any atom is -0.485 e. The van der Waals surface area contributed by atoms with Gasteiger partial charge in [0.25, 0.3) is 5.91 Å². The number of hydrogen-bond donors (Lipinski definition) is 1. The molecule has 1 aliphatic heterocycles. The Labute approximate surface area is 196 Å². The molecule has 0 spiro atoms. The number of fused-ring (bicyclic) bond motifs is 1. The van der Waals surface area contributed by atoms with Crippen molar-refractivity contribution in [2.24, 2.45) is 0 Å². The van der Waals surface area contributed by atoms with Crippen LogP contribution in [-0.2, 0) is 6.61 Å². The molecule has 0 saturated carbocycles. The van der Waals surface area contributed by atoms with Crippen LogP contribution in [0.1, 0.15) is 21.7 Å². The van der Waals surface area contributed by atoms with E-state index in [0.717, 1.165) is 32.7 Å². The maximum atomic E-state index is 14.0. The first kappa shape index (κ1) is 23.4. The van der Waals surface area contributed by atoms with Crippen molar-refractivity contribution in [3.63, 3.8) is 0 Å².